The lowest BCUT2D eigenvalue weighted by atomic mass is 10.1. The molecule has 1 nitrogen and oxygen atoms in total. The van der Waals surface area contributed by atoms with Gasteiger partial charge >= 0.3 is 0 Å². The molecule has 0 spiro atoms. The predicted molar refractivity (Wildman–Crippen MR) is 56.7 cm³/mol. The van der Waals surface area contributed by atoms with Gasteiger partial charge in [0.25, 0.3) is 0 Å². The van der Waals surface area contributed by atoms with Gasteiger partial charge in [0.05, 0.1) is 9.50 Å². The zero-order valence-corrected chi connectivity index (χ0v) is 9.54. The Morgan fingerprint density at radius 1 is 1.54 bits per heavy atom. The first-order chi connectivity index (χ1) is 6.16. The zero-order valence-electron chi connectivity index (χ0n) is 7.20. The highest BCUT2D eigenvalue weighted by atomic mass is 79.9. The molecule has 1 aromatic carbocycles. The molecule has 0 bridgehead atoms. The van der Waals surface area contributed by atoms with E-state index in [1.165, 1.54) is 0 Å². The maximum absolute atomic E-state index is 13.2. The van der Waals surface area contributed by atoms with Crippen LogP contribution in [0.5, 0.6) is 0 Å². The van der Waals surface area contributed by atoms with Crippen LogP contribution in [-0.2, 0) is 6.42 Å². The lowest BCUT2D eigenvalue weighted by Crippen LogP contribution is -2.10. The van der Waals surface area contributed by atoms with Crippen LogP contribution in [0, 0.1) is 5.82 Å². The molecule has 0 saturated heterocycles. The van der Waals surface area contributed by atoms with E-state index in [1.807, 2.05) is 13.1 Å². The van der Waals surface area contributed by atoms with Gasteiger partial charge in [0.1, 0.15) is 0 Å². The second-order valence-corrected chi connectivity index (χ2v) is 3.92. The number of hydrogen-bond acceptors (Lipinski definition) is 1. The predicted octanol–water partition coefficient (Wildman–Crippen LogP) is 3.00. The summed E-state index contributed by atoms with van der Waals surface area (Å²) in [5, 5.41) is 3.20. The highest BCUT2D eigenvalue weighted by molar-refractivity contribution is 9.10. The quantitative estimate of drug-likeness (QED) is 0.829. The van der Waals surface area contributed by atoms with Crippen molar-refractivity contribution in [1.82, 2.24) is 5.32 Å². The number of rotatable bonds is 3. The van der Waals surface area contributed by atoms with E-state index in [4.69, 9.17) is 11.6 Å². The van der Waals surface area contributed by atoms with Crippen molar-refractivity contribution in [3.05, 3.63) is 33.0 Å². The van der Waals surface area contributed by atoms with E-state index < -0.39 is 0 Å². The Hall–Kier alpha value is -0.120. The SMILES string of the molecule is CNCCc1ccc(Br)c(F)c1Cl. The number of benzene rings is 1. The summed E-state index contributed by atoms with van der Waals surface area (Å²) in [5.41, 5.74) is 0.830. The third kappa shape index (κ3) is 2.66. The summed E-state index contributed by atoms with van der Waals surface area (Å²) in [6, 6.07) is 3.50. The second kappa shape index (κ2) is 4.94. The molecular weight excluding hydrogens is 256 g/mol. The molecule has 0 unspecified atom stereocenters. The molecule has 0 amide bonds. The van der Waals surface area contributed by atoms with E-state index in [0.717, 1.165) is 18.5 Å². The Kier molecular flexibility index (Phi) is 4.16. The van der Waals surface area contributed by atoms with Crippen molar-refractivity contribution < 1.29 is 4.39 Å². The van der Waals surface area contributed by atoms with Crippen molar-refractivity contribution in [3.63, 3.8) is 0 Å². The van der Waals surface area contributed by atoms with Crippen molar-refractivity contribution >= 4 is 27.5 Å². The molecule has 0 saturated carbocycles. The van der Waals surface area contributed by atoms with Gasteiger partial charge in [0.2, 0.25) is 0 Å². The van der Waals surface area contributed by atoms with Crippen LogP contribution in [0.15, 0.2) is 16.6 Å². The van der Waals surface area contributed by atoms with Gasteiger partial charge in [-0.15, -0.1) is 0 Å². The van der Waals surface area contributed by atoms with Gasteiger partial charge in [0, 0.05) is 0 Å². The fourth-order valence-electron chi connectivity index (χ4n) is 1.02. The minimum Gasteiger partial charge on any atom is -0.319 e. The largest absolute Gasteiger partial charge is 0.319 e. The second-order valence-electron chi connectivity index (χ2n) is 2.69. The van der Waals surface area contributed by atoms with Crippen LogP contribution in [0.4, 0.5) is 4.39 Å². The Morgan fingerprint density at radius 3 is 2.85 bits per heavy atom. The highest BCUT2D eigenvalue weighted by Gasteiger charge is 2.08. The highest BCUT2D eigenvalue weighted by Crippen LogP contribution is 2.26. The molecule has 0 atom stereocenters. The maximum Gasteiger partial charge on any atom is 0.156 e. The number of hydrogen-bond donors (Lipinski definition) is 1. The van der Waals surface area contributed by atoms with E-state index in [1.54, 1.807) is 6.07 Å². The van der Waals surface area contributed by atoms with Gasteiger partial charge in [-0.1, -0.05) is 17.7 Å². The van der Waals surface area contributed by atoms with Crippen LogP contribution in [0.1, 0.15) is 5.56 Å². The fraction of sp³-hybridized carbons (Fsp3) is 0.333. The van der Waals surface area contributed by atoms with Crippen LogP contribution >= 0.6 is 27.5 Å². The van der Waals surface area contributed by atoms with Crippen LogP contribution in [-0.4, -0.2) is 13.6 Å². The molecule has 0 heterocycles. The van der Waals surface area contributed by atoms with Crippen LogP contribution in [0.2, 0.25) is 5.02 Å². The summed E-state index contributed by atoms with van der Waals surface area (Å²) >= 11 is 8.87. The molecule has 0 aliphatic rings. The average molecular weight is 267 g/mol. The minimum absolute atomic E-state index is 0.213. The Morgan fingerprint density at radius 2 is 2.23 bits per heavy atom. The van der Waals surface area contributed by atoms with Crippen molar-refractivity contribution in [2.75, 3.05) is 13.6 Å². The average Bonchev–Trinajstić information content (AvgIpc) is 2.13. The summed E-state index contributed by atoms with van der Waals surface area (Å²) in [5.74, 6) is -0.379. The summed E-state index contributed by atoms with van der Waals surface area (Å²) in [7, 11) is 1.85. The summed E-state index contributed by atoms with van der Waals surface area (Å²) in [6.07, 6.45) is 0.736. The van der Waals surface area contributed by atoms with Crippen molar-refractivity contribution in [2.24, 2.45) is 0 Å². The molecule has 13 heavy (non-hydrogen) atoms. The van der Waals surface area contributed by atoms with Gasteiger partial charge in [-0.25, -0.2) is 4.39 Å². The van der Waals surface area contributed by atoms with Crippen LogP contribution in [0.3, 0.4) is 0 Å². The number of halogens is 3. The smallest absolute Gasteiger partial charge is 0.156 e. The van der Waals surface area contributed by atoms with Crippen LogP contribution < -0.4 is 5.32 Å². The molecule has 1 rings (SSSR count). The van der Waals surface area contributed by atoms with Gasteiger partial charge in [0.15, 0.2) is 5.82 Å². The lowest BCUT2D eigenvalue weighted by Gasteiger charge is -2.05. The van der Waals surface area contributed by atoms with E-state index in [-0.39, 0.29) is 10.8 Å². The lowest BCUT2D eigenvalue weighted by molar-refractivity contribution is 0.618. The van der Waals surface area contributed by atoms with Gasteiger partial charge < -0.3 is 5.32 Å². The van der Waals surface area contributed by atoms with Gasteiger partial charge in [-0.3, -0.25) is 0 Å². The van der Waals surface area contributed by atoms with Crippen molar-refractivity contribution in [3.8, 4) is 0 Å². The Labute approximate surface area is 90.4 Å². The summed E-state index contributed by atoms with van der Waals surface area (Å²) in [6.45, 7) is 0.792. The minimum atomic E-state index is -0.379. The molecule has 0 aromatic heterocycles. The number of likely N-dealkylation sites (N-methyl/N-ethyl adjacent to an activating group) is 1. The summed E-state index contributed by atoms with van der Waals surface area (Å²) in [4.78, 5) is 0. The topological polar surface area (TPSA) is 12.0 Å². The molecule has 0 radical (unpaired) electrons. The van der Waals surface area contributed by atoms with E-state index in [2.05, 4.69) is 21.2 Å². The fourth-order valence-corrected chi connectivity index (χ4v) is 1.72. The normalized spacial score (nSPS) is 10.5. The van der Waals surface area contributed by atoms with Crippen molar-refractivity contribution in [2.45, 2.75) is 6.42 Å². The third-order valence-corrected chi connectivity index (χ3v) is 2.78. The first kappa shape index (κ1) is 11.0. The van der Waals surface area contributed by atoms with Gasteiger partial charge in [-0.05, 0) is 47.6 Å². The Balaban J connectivity index is 2.90. The first-order valence-electron chi connectivity index (χ1n) is 3.93. The zero-order chi connectivity index (χ0) is 9.84. The molecule has 1 N–H and O–H groups in total. The Bertz CT molecular complexity index is 304. The molecule has 0 aliphatic carbocycles. The molecule has 4 heteroatoms. The summed E-state index contributed by atoms with van der Waals surface area (Å²) < 4.78 is 13.6. The monoisotopic (exact) mass is 265 g/mol. The van der Waals surface area contributed by atoms with E-state index >= 15 is 0 Å². The van der Waals surface area contributed by atoms with Gasteiger partial charge in [-0.2, -0.15) is 0 Å². The molecule has 72 valence electrons. The first-order valence-corrected chi connectivity index (χ1v) is 5.11. The molecule has 0 fully saturated rings. The number of nitrogens with one attached hydrogen (secondary N) is 1. The molecular formula is C9H10BrClFN. The van der Waals surface area contributed by atoms with Crippen molar-refractivity contribution in [1.29, 1.82) is 0 Å². The molecule has 1 aromatic rings. The standard InChI is InChI=1S/C9H10BrClFN/c1-13-5-4-6-2-3-7(10)9(12)8(6)11/h2-3,13H,4-5H2,1H3. The third-order valence-electron chi connectivity index (χ3n) is 1.76. The van der Waals surface area contributed by atoms with Crippen LogP contribution in [0.25, 0.3) is 0 Å². The molecule has 0 aliphatic heterocycles. The van der Waals surface area contributed by atoms with E-state index in [9.17, 15) is 4.39 Å². The maximum atomic E-state index is 13.2. The van der Waals surface area contributed by atoms with E-state index in [0.29, 0.717) is 4.47 Å².